The minimum Gasteiger partial charge on any atom is -0.138 e. The van der Waals surface area contributed by atoms with Crippen molar-refractivity contribution < 1.29 is 21.1 Å². The molecular formula is C8H22P2PtS3. The van der Waals surface area contributed by atoms with Crippen LogP contribution in [0.5, 0.6) is 0 Å². The molecule has 6 heteroatoms. The summed E-state index contributed by atoms with van der Waals surface area (Å²) in [6, 6.07) is 0. The van der Waals surface area contributed by atoms with Gasteiger partial charge in [-0.25, -0.2) is 0 Å². The van der Waals surface area contributed by atoms with Crippen LogP contribution >= 0.6 is 49.2 Å². The Bertz CT molecular complexity index is 71.5. The van der Waals surface area contributed by atoms with E-state index in [1.165, 1.54) is 10.2 Å². The zero-order valence-corrected chi connectivity index (χ0v) is 16.4. The molecule has 0 spiro atoms. The summed E-state index contributed by atoms with van der Waals surface area (Å²) in [5.74, 6) is 0. The average Bonchev–Trinajstić information content (AvgIpc) is 2.35. The zero-order chi connectivity index (χ0) is 10.7. The van der Waals surface area contributed by atoms with Gasteiger partial charge in [0.15, 0.2) is 0 Å². The molecule has 0 saturated carbocycles. The largest absolute Gasteiger partial charge is 0.138 e. The molecule has 0 radical (unpaired) electrons. The van der Waals surface area contributed by atoms with Gasteiger partial charge < -0.3 is 0 Å². The Morgan fingerprint density at radius 2 is 0.929 bits per heavy atom. The second-order valence-corrected chi connectivity index (χ2v) is 12.9. The topological polar surface area (TPSA) is 0 Å². The molecule has 14 heavy (non-hydrogen) atoms. The zero-order valence-electron chi connectivity index (χ0n) is 9.85. The van der Waals surface area contributed by atoms with E-state index in [9.17, 15) is 0 Å². The van der Waals surface area contributed by atoms with Crippen LogP contribution in [0.25, 0.3) is 0 Å². The summed E-state index contributed by atoms with van der Waals surface area (Å²) in [6.07, 6.45) is 0. The van der Waals surface area contributed by atoms with Crippen molar-refractivity contribution in [2.75, 3.05) is 50.2 Å². The van der Waals surface area contributed by atoms with Crippen LogP contribution in [-0.4, -0.2) is 50.2 Å². The van der Waals surface area contributed by atoms with Gasteiger partial charge in [0.2, 0.25) is 0 Å². The molecule has 92 valence electrons. The number of rotatable bonds is 0. The molecule has 0 N–H and O–H groups in total. The van der Waals surface area contributed by atoms with Crippen LogP contribution < -0.4 is 0 Å². The molecule has 1 heterocycles. The first-order valence-electron chi connectivity index (χ1n) is 4.00. The Labute approximate surface area is 119 Å². The van der Waals surface area contributed by atoms with Gasteiger partial charge in [-0.05, 0) is 40.0 Å². The predicted molar refractivity (Wildman–Crippen MR) is 81.9 cm³/mol. The van der Waals surface area contributed by atoms with E-state index in [0.717, 1.165) is 0 Å². The third-order valence-corrected chi connectivity index (χ3v) is 4.85. The quantitative estimate of drug-likeness (QED) is 0.370. The molecule has 1 aliphatic rings. The Balaban J connectivity index is -0.000000127. The molecule has 0 atom stereocenters. The monoisotopic (exact) mass is 471 g/mol. The molecule has 0 aromatic heterocycles. The van der Waals surface area contributed by atoms with Gasteiger partial charge >= 0.3 is 0 Å². The van der Waals surface area contributed by atoms with E-state index in [-0.39, 0.29) is 21.1 Å². The van der Waals surface area contributed by atoms with Crippen LogP contribution in [-0.2, 0) is 21.1 Å². The summed E-state index contributed by atoms with van der Waals surface area (Å²) in [5.41, 5.74) is 0. The average molecular weight is 471 g/mol. The normalized spacial score (nSPS) is 13.7. The molecule has 0 nitrogen and oxygen atoms in total. The van der Waals surface area contributed by atoms with Crippen LogP contribution in [0.3, 0.4) is 0 Å². The minimum absolute atomic E-state index is 0. The van der Waals surface area contributed by atoms with E-state index in [1.54, 1.807) is 0 Å². The summed E-state index contributed by atoms with van der Waals surface area (Å²) >= 11 is 2.00. The Kier molecular flexibility index (Phi) is 28.0. The molecular weight excluding hydrogens is 449 g/mol. The fraction of sp³-hybridized carbons (Fsp3) is 1.00. The Morgan fingerprint density at radius 1 is 0.714 bits per heavy atom. The second-order valence-electron chi connectivity index (χ2n) is 3.36. The third kappa shape index (κ3) is 46.8. The summed E-state index contributed by atoms with van der Waals surface area (Å²) in [7, 11) is 4.67. The molecule has 0 aromatic carbocycles. The van der Waals surface area contributed by atoms with E-state index in [4.69, 9.17) is 0 Å². The number of hydrogen-bond donors (Lipinski definition) is 0. The van der Waals surface area contributed by atoms with Crippen molar-refractivity contribution in [3.05, 3.63) is 0 Å². The maximum atomic E-state index is 2.23. The molecule has 0 bridgehead atoms. The van der Waals surface area contributed by atoms with Crippen molar-refractivity contribution in [3.63, 3.8) is 0 Å². The number of hydrogen-bond acceptors (Lipinski definition) is 3. The molecule has 0 aliphatic carbocycles. The maximum absolute atomic E-state index is 2.23. The molecule has 0 amide bonds. The van der Waals surface area contributed by atoms with Crippen LogP contribution in [0.4, 0.5) is 0 Å². The summed E-state index contributed by atoms with van der Waals surface area (Å²) < 4.78 is 0. The van der Waals surface area contributed by atoms with Crippen molar-refractivity contribution in [1.29, 1.82) is 0 Å². The van der Waals surface area contributed by atoms with Gasteiger partial charge in [0, 0.05) is 21.1 Å². The van der Waals surface area contributed by atoms with Gasteiger partial charge in [-0.2, -0.15) is 0 Å². The van der Waals surface area contributed by atoms with Crippen molar-refractivity contribution in [3.8, 4) is 0 Å². The van der Waals surface area contributed by atoms with E-state index >= 15 is 0 Å². The fourth-order valence-corrected chi connectivity index (χ4v) is 4.59. The first-order valence-corrected chi connectivity index (χ1v) is 13.0. The first kappa shape index (κ1) is 21.8. The van der Waals surface area contributed by atoms with E-state index in [1.807, 2.05) is 33.3 Å². The summed E-state index contributed by atoms with van der Waals surface area (Å²) in [6.45, 7) is 13.4. The summed E-state index contributed by atoms with van der Waals surface area (Å²) in [5, 5.41) is 2.59. The standard InChI is InChI=1S/2C3H9P.C2H4S3.Pt/c2*1-4(2)3;1-3-2-5-4-1;/h2*1-3H3;1-2H2;. The number of thioether (sulfide) groups is 1. The molecule has 1 aliphatic heterocycles. The SMILES string of the molecule is C1SCSS1.CP(C)C.CP(C)C.[Pt]. The van der Waals surface area contributed by atoms with Crippen LogP contribution in [0.2, 0.25) is 0 Å². The maximum Gasteiger partial charge on any atom is 0.0505 e. The fourth-order valence-electron chi connectivity index (χ4n) is 0.170. The molecule has 0 aromatic rings. The van der Waals surface area contributed by atoms with E-state index in [0.29, 0.717) is 15.8 Å². The van der Waals surface area contributed by atoms with Gasteiger partial charge in [0.05, 0.1) is 10.2 Å². The molecule has 0 unspecified atom stereocenters. The van der Waals surface area contributed by atoms with Crippen LogP contribution in [0.15, 0.2) is 0 Å². The van der Waals surface area contributed by atoms with Gasteiger partial charge in [-0.15, -0.1) is 27.6 Å². The van der Waals surface area contributed by atoms with Gasteiger partial charge in [0.1, 0.15) is 0 Å². The predicted octanol–water partition coefficient (Wildman–Crippen LogP) is 4.74. The van der Waals surface area contributed by atoms with Crippen LogP contribution in [0, 0.1) is 0 Å². The van der Waals surface area contributed by atoms with E-state index < -0.39 is 0 Å². The van der Waals surface area contributed by atoms with Crippen molar-refractivity contribution in [1.82, 2.24) is 0 Å². The van der Waals surface area contributed by atoms with E-state index in [2.05, 4.69) is 40.0 Å². The minimum atomic E-state index is 0. The second kappa shape index (κ2) is 18.0. The first-order chi connectivity index (χ1) is 5.96. The third-order valence-electron chi connectivity index (χ3n) is 0.346. The van der Waals surface area contributed by atoms with Crippen LogP contribution in [0.1, 0.15) is 0 Å². The van der Waals surface area contributed by atoms with Gasteiger partial charge in [0.25, 0.3) is 0 Å². The van der Waals surface area contributed by atoms with Crippen molar-refractivity contribution in [2.45, 2.75) is 0 Å². The molecule has 1 rings (SSSR count). The van der Waals surface area contributed by atoms with Gasteiger partial charge in [-0.1, -0.05) is 21.6 Å². The van der Waals surface area contributed by atoms with Gasteiger partial charge in [-0.3, -0.25) is 0 Å². The Hall–Kier alpha value is 2.60. The van der Waals surface area contributed by atoms with Crippen molar-refractivity contribution in [2.24, 2.45) is 0 Å². The Morgan fingerprint density at radius 3 is 1.00 bits per heavy atom. The summed E-state index contributed by atoms with van der Waals surface area (Å²) in [4.78, 5) is 0. The molecule has 1 fully saturated rings. The van der Waals surface area contributed by atoms with Crippen molar-refractivity contribution >= 4 is 49.2 Å². The smallest absolute Gasteiger partial charge is 0.0505 e. The molecule has 1 saturated heterocycles.